The molecule has 4 heteroatoms. The summed E-state index contributed by atoms with van der Waals surface area (Å²) in [6.07, 6.45) is 1.75. The van der Waals surface area contributed by atoms with E-state index < -0.39 is 0 Å². The first-order chi connectivity index (χ1) is 12.1. The highest BCUT2D eigenvalue weighted by molar-refractivity contribution is 5.98. The number of aromatic nitrogens is 2. The zero-order valence-electron chi connectivity index (χ0n) is 14.2. The van der Waals surface area contributed by atoms with Gasteiger partial charge in [0.1, 0.15) is 0 Å². The average Bonchev–Trinajstić information content (AvgIpc) is 2.62. The van der Waals surface area contributed by atoms with Crippen LogP contribution in [0.25, 0.3) is 21.8 Å². The molecule has 0 amide bonds. The molecular weight excluding hydrogens is 310 g/mol. The summed E-state index contributed by atoms with van der Waals surface area (Å²) in [7, 11) is 0. The number of rotatable bonds is 1. The fraction of sp³-hybridized carbons (Fsp3) is 0.0952. The molecular formula is C21H19N3O. The molecule has 0 saturated carbocycles. The summed E-state index contributed by atoms with van der Waals surface area (Å²) in [5, 5.41) is 2.11. The number of para-hydroxylation sites is 2. The highest BCUT2D eigenvalue weighted by Gasteiger charge is 2.06. The largest absolute Gasteiger partial charge is 0.397 e. The van der Waals surface area contributed by atoms with Crippen molar-refractivity contribution in [2.45, 2.75) is 13.8 Å². The molecule has 25 heavy (non-hydrogen) atoms. The smallest absolute Gasteiger partial charge is 0.161 e. The minimum Gasteiger partial charge on any atom is -0.397 e. The van der Waals surface area contributed by atoms with E-state index in [0.717, 1.165) is 33.2 Å². The molecule has 0 fully saturated rings. The lowest BCUT2D eigenvalue weighted by atomic mass is 10.1. The van der Waals surface area contributed by atoms with Crippen LogP contribution in [0.2, 0.25) is 0 Å². The summed E-state index contributed by atoms with van der Waals surface area (Å²) in [5.41, 5.74) is 9.77. The number of fused-ring (bicyclic) bond motifs is 2. The minimum absolute atomic E-state index is 0.0701. The number of nitrogen functional groups attached to an aromatic ring is 1. The Balaban J connectivity index is 0.000000150. The third-order valence-corrected chi connectivity index (χ3v) is 3.96. The van der Waals surface area contributed by atoms with E-state index >= 15 is 0 Å². The van der Waals surface area contributed by atoms with E-state index in [1.54, 1.807) is 13.1 Å². The number of pyridine rings is 2. The van der Waals surface area contributed by atoms with Gasteiger partial charge in [-0.15, -0.1) is 0 Å². The van der Waals surface area contributed by atoms with Crippen LogP contribution in [0.1, 0.15) is 23.0 Å². The van der Waals surface area contributed by atoms with Crippen LogP contribution in [0.15, 0.2) is 66.9 Å². The standard InChI is InChI=1S/C12H11NO.C9H8N2/c1-8-11(9(2)14)7-10-5-3-4-6-12(10)13-8;10-8-5-1-3-7-4-2-6-11-9(7)8/h3-7H,1-2H3;1-6H,10H2. The lowest BCUT2D eigenvalue weighted by Crippen LogP contribution is -1.98. The van der Waals surface area contributed by atoms with Crippen LogP contribution in [0.3, 0.4) is 0 Å². The normalized spacial score (nSPS) is 10.3. The van der Waals surface area contributed by atoms with Crippen molar-refractivity contribution in [2.24, 2.45) is 0 Å². The van der Waals surface area contributed by atoms with Crippen molar-refractivity contribution in [1.29, 1.82) is 0 Å². The molecule has 0 saturated heterocycles. The molecule has 2 aromatic carbocycles. The maximum atomic E-state index is 11.3. The molecule has 0 aliphatic heterocycles. The molecule has 0 spiro atoms. The molecule has 2 heterocycles. The van der Waals surface area contributed by atoms with Crippen molar-refractivity contribution in [3.05, 3.63) is 78.1 Å². The van der Waals surface area contributed by atoms with Crippen LogP contribution in [0, 0.1) is 6.92 Å². The second kappa shape index (κ2) is 7.09. The number of nitrogens with two attached hydrogens (primary N) is 1. The number of benzene rings is 2. The maximum absolute atomic E-state index is 11.3. The second-order valence-electron chi connectivity index (χ2n) is 5.79. The molecule has 0 atom stereocenters. The Bertz CT molecular complexity index is 1050. The quantitative estimate of drug-likeness (QED) is 0.410. The lowest BCUT2D eigenvalue weighted by molar-refractivity contribution is 0.101. The summed E-state index contributed by atoms with van der Waals surface area (Å²) in [4.78, 5) is 19.8. The van der Waals surface area contributed by atoms with E-state index in [4.69, 9.17) is 5.73 Å². The zero-order chi connectivity index (χ0) is 17.8. The number of nitrogens with zero attached hydrogens (tertiary/aromatic N) is 2. The number of Topliss-reactive ketones (excluding diaryl/α,β-unsaturated/α-hetero) is 1. The van der Waals surface area contributed by atoms with Crippen molar-refractivity contribution in [1.82, 2.24) is 9.97 Å². The molecule has 0 aliphatic carbocycles. The van der Waals surface area contributed by atoms with Gasteiger partial charge in [-0.3, -0.25) is 14.8 Å². The summed E-state index contributed by atoms with van der Waals surface area (Å²) < 4.78 is 0. The van der Waals surface area contributed by atoms with Gasteiger partial charge in [-0.05, 0) is 38.1 Å². The van der Waals surface area contributed by atoms with Crippen LogP contribution >= 0.6 is 0 Å². The molecule has 0 aliphatic rings. The Morgan fingerprint density at radius 1 is 0.960 bits per heavy atom. The van der Waals surface area contributed by atoms with Gasteiger partial charge in [0.2, 0.25) is 0 Å². The zero-order valence-corrected chi connectivity index (χ0v) is 14.2. The first-order valence-electron chi connectivity index (χ1n) is 8.03. The van der Waals surface area contributed by atoms with Crippen molar-refractivity contribution in [3.63, 3.8) is 0 Å². The SMILES string of the molecule is CC(=O)c1cc2ccccc2nc1C.Nc1cccc2cccnc12. The van der Waals surface area contributed by atoms with Crippen molar-refractivity contribution in [2.75, 3.05) is 5.73 Å². The predicted octanol–water partition coefficient (Wildman–Crippen LogP) is 4.56. The van der Waals surface area contributed by atoms with Crippen LogP contribution in [0.5, 0.6) is 0 Å². The van der Waals surface area contributed by atoms with E-state index in [2.05, 4.69) is 9.97 Å². The first-order valence-corrected chi connectivity index (χ1v) is 8.03. The summed E-state index contributed by atoms with van der Waals surface area (Å²) >= 11 is 0. The van der Waals surface area contributed by atoms with Crippen molar-refractivity contribution >= 4 is 33.3 Å². The van der Waals surface area contributed by atoms with Gasteiger partial charge in [0, 0.05) is 28.2 Å². The predicted molar refractivity (Wildman–Crippen MR) is 103 cm³/mol. The molecule has 0 unspecified atom stereocenters. The topological polar surface area (TPSA) is 68.9 Å². The second-order valence-corrected chi connectivity index (χ2v) is 5.79. The van der Waals surface area contributed by atoms with Gasteiger partial charge in [0.25, 0.3) is 0 Å². The molecule has 4 nitrogen and oxygen atoms in total. The lowest BCUT2D eigenvalue weighted by Gasteiger charge is -2.03. The van der Waals surface area contributed by atoms with Gasteiger partial charge >= 0.3 is 0 Å². The maximum Gasteiger partial charge on any atom is 0.161 e. The number of carbonyl (C=O) groups excluding carboxylic acids is 1. The highest BCUT2D eigenvalue weighted by Crippen LogP contribution is 2.17. The van der Waals surface area contributed by atoms with E-state index in [1.807, 2.05) is 67.6 Å². The van der Waals surface area contributed by atoms with E-state index in [9.17, 15) is 4.79 Å². The van der Waals surface area contributed by atoms with Crippen LogP contribution < -0.4 is 5.73 Å². The third kappa shape index (κ3) is 3.63. The number of ketones is 1. The number of carbonyl (C=O) groups is 1. The molecule has 4 aromatic rings. The summed E-state index contributed by atoms with van der Waals surface area (Å²) in [5.74, 6) is 0.0701. The van der Waals surface area contributed by atoms with E-state index in [1.165, 1.54) is 0 Å². The Morgan fingerprint density at radius 3 is 2.44 bits per heavy atom. The molecule has 0 bridgehead atoms. The minimum atomic E-state index is 0.0701. The van der Waals surface area contributed by atoms with E-state index in [0.29, 0.717) is 5.56 Å². The molecule has 0 radical (unpaired) electrons. The molecule has 124 valence electrons. The third-order valence-electron chi connectivity index (χ3n) is 3.96. The van der Waals surface area contributed by atoms with Crippen LogP contribution in [-0.2, 0) is 0 Å². The van der Waals surface area contributed by atoms with Gasteiger partial charge < -0.3 is 5.73 Å². The Labute approximate surface area is 146 Å². The molecule has 4 rings (SSSR count). The Morgan fingerprint density at radius 2 is 1.68 bits per heavy atom. The summed E-state index contributed by atoms with van der Waals surface area (Å²) in [6, 6.07) is 19.4. The van der Waals surface area contributed by atoms with Gasteiger partial charge in [-0.2, -0.15) is 0 Å². The first kappa shape index (κ1) is 16.6. The Hall–Kier alpha value is -3.27. The fourth-order valence-corrected chi connectivity index (χ4v) is 2.70. The van der Waals surface area contributed by atoms with Crippen molar-refractivity contribution in [3.8, 4) is 0 Å². The highest BCUT2D eigenvalue weighted by atomic mass is 16.1. The summed E-state index contributed by atoms with van der Waals surface area (Å²) in [6.45, 7) is 3.43. The van der Waals surface area contributed by atoms with Crippen LogP contribution in [-0.4, -0.2) is 15.8 Å². The number of hydrogen-bond acceptors (Lipinski definition) is 4. The van der Waals surface area contributed by atoms with Crippen molar-refractivity contribution < 1.29 is 4.79 Å². The van der Waals surface area contributed by atoms with Crippen LogP contribution in [0.4, 0.5) is 5.69 Å². The fourth-order valence-electron chi connectivity index (χ4n) is 2.70. The number of aryl methyl sites for hydroxylation is 1. The van der Waals surface area contributed by atoms with E-state index in [-0.39, 0.29) is 5.78 Å². The molecule has 2 aromatic heterocycles. The van der Waals surface area contributed by atoms with Gasteiger partial charge in [0.15, 0.2) is 5.78 Å². The number of hydrogen-bond donors (Lipinski definition) is 1. The number of anilines is 1. The Kier molecular flexibility index (Phi) is 4.70. The molecule has 2 N–H and O–H groups in total. The monoisotopic (exact) mass is 329 g/mol. The van der Waals surface area contributed by atoms with Gasteiger partial charge in [-0.25, -0.2) is 0 Å². The van der Waals surface area contributed by atoms with Gasteiger partial charge in [-0.1, -0.05) is 36.4 Å². The van der Waals surface area contributed by atoms with Gasteiger partial charge in [0.05, 0.1) is 16.7 Å². The average molecular weight is 329 g/mol.